The van der Waals surface area contributed by atoms with Crippen molar-refractivity contribution in [3.05, 3.63) is 18.0 Å². The molecule has 19 heavy (non-hydrogen) atoms. The van der Waals surface area contributed by atoms with Crippen molar-refractivity contribution in [3.63, 3.8) is 0 Å². The second-order valence-corrected chi connectivity index (χ2v) is 4.79. The Morgan fingerprint density at radius 3 is 2.47 bits per heavy atom. The summed E-state index contributed by atoms with van der Waals surface area (Å²) in [5.74, 6) is -1.11. The van der Waals surface area contributed by atoms with E-state index in [1.165, 1.54) is 16.9 Å². The molecule has 2 heterocycles. The van der Waals surface area contributed by atoms with Gasteiger partial charge >= 0.3 is 5.97 Å². The van der Waals surface area contributed by atoms with Gasteiger partial charge in [0.25, 0.3) is 0 Å². The van der Waals surface area contributed by atoms with Gasteiger partial charge in [0.1, 0.15) is 6.04 Å². The topological polar surface area (TPSA) is 78.7 Å². The van der Waals surface area contributed by atoms with E-state index in [2.05, 4.69) is 10.00 Å². The van der Waals surface area contributed by atoms with Crippen LogP contribution in [0.3, 0.4) is 0 Å². The number of carbonyl (C=O) groups excluding carboxylic acids is 1. The summed E-state index contributed by atoms with van der Waals surface area (Å²) < 4.78 is 1.41. The summed E-state index contributed by atoms with van der Waals surface area (Å²) in [6.07, 6.45) is 1.53. The Labute approximate surface area is 111 Å². The Balaban J connectivity index is 2.03. The summed E-state index contributed by atoms with van der Waals surface area (Å²) in [5.41, 5.74) is -0.0435. The fourth-order valence-corrected chi connectivity index (χ4v) is 2.07. The fraction of sp³-hybridized carbons (Fsp3) is 0.583. The van der Waals surface area contributed by atoms with Gasteiger partial charge in [-0.1, -0.05) is 0 Å². The second-order valence-electron chi connectivity index (χ2n) is 4.79. The molecule has 0 aliphatic carbocycles. The number of aromatic carboxylic acids is 1. The number of carboxylic acids is 1. The summed E-state index contributed by atoms with van der Waals surface area (Å²) in [4.78, 5) is 27.0. The minimum atomic E-state index is -1.09. The van der Waals surface area contributed by atoms with Gasteiger partial charge in [0.2, 0.25) is 5.91 Å². The molecule has 1 aromatic heterocycles. The number of hydrogen-bond donors (Lipinski definition) is 1. The molecule has 2 rings (SSSR count). The first-order valence-electron chi connectivity index (χ1n) is 6.25. The van der Waals surface area contributed by atoms with Crippen molar-refractivity contribution < 1.29 is 14.7 Å². The first-order valence-corrected chi connectivity index (χ1v) is 6.25. The molecule has 104 valence electrons. The molecule has 1 atom stereocenters. The third-order valence-electron chi connectivity index (χ3n) is 3.40. The van der Waals surface area contributed by atoms with E-state index >= 15 is 0 Å². The number of amides is 1. The van der Waals surface area contributed by atoms with Gasteiger partial charge in [-0.05, 0) is 20.0 Å². The Hall–Kier alpha value is -1.89. The summed E-state index contributed by atoms with van der Waals surface area (Å²) in [5, 5.41) is 12.7. The highest BCUT2D eigenvalue weighted by Gasteiger charge is 2.25. The Morgan fingerprint density at radius 1 is 1.32 bits per heavy atom. The molecule has 1 N–H and O–H groups in total. The maximum Gasteiger partial charge on any atom is 0.356 e. The molecular formula is C12H18N4O3. The lowest BCUT2D eigenvalue weighted by molar-refractivity contribution is -0.136. The highest BCUT2D eigenvalue weighted by molar-refractivity contribution is 5.85. The average molecular weight is 266 g/mol. The molecule has 7 nitrogen and oxygen atoms in total. The normalized spacial score (nSPS) is 18.3. The van der Waals surface area contributed by atoms with Crippen molar-refractivity contribution in [3.8, 4) is 0 Å². The quantitative estimate of drug-likeness (QED) is 0.827. The van der Waals surface area contributed by atoms with Crippen LogP contribution in [-0.4, -0.2) is 69.8 Å². The fourth-order valence-electron chi connectivity index (χ4n) is 2.07. The average Bonchev–Trinajstić information content (AvgIpc) is 2.87. The Morgan fingerprint density at radius 2 is 1.95 bits per heavy atom. The van der Waals surface area contributed by atoms with E-state index in [0.29, 0.717) is 13.1 Å². The number of carboxylic acid groups (broad SMARTS) is 1. The first-order chi connectivity index (χ1) is 8.99. The van der Waals surface area contributed by atoms with Crippen LogP contribution in [0.25, 0.3) is 0 Å². The van der Waals surface area contributed by atoms with Crippen LogP contribution in [-0.2, 0) is 4.79 Å². The van der Waals surface area contributed by atoms with E-state index in [1.54, 1.807) is 11.8 Å². The maximum atomic E-state index is 12.3. The summed E-state index contributed by atoms with van der Waals surface area (Å²) in [6, 6.07) is 0.923. The van der Waals surface area contributed by atoms with Crippen LogP contribution in [0.5, 0.6) is 0 Å². The van der Waals surface area contributed by atoms with Crippen LogP contribution in [0.2, 0.25) is 0 Å². The largest absolute Gasteiger partial charge is 0.476 e. The number of aromatic nitrogens is 2. The minimum absolute atomic E-state index is 0.0202. The summed E-state index contributed by atoms with van der Waals surface area (Å²) in [7, 11) is 2.03. The first kappa shape index (κ1) is 13.5. The van der Waals surface area contributed by atoms with Crippen LogP contribution in [0.1, 0.15) is 23.5 Å². The van der Waals surface area contributed by atoms with Gasteiger partial charge in [-0.25, -0.2) is 4.79 Å². The molecule has 1 fully saturated rings. The maximum absolute atomic E-state index is 12.3. The van der Waals surface area contributed by atoms with E-state index in [0.717, 1.165) is 13.1 Å². The molecule has 0 bridgehead atoms. The van der Waals surface area contributed by atoms with Gasteiger partial charge in [0.05, 0.1) is 0 Å². The van der Waals surface area contributed by atoms with Crippen LogP contribution in [0, 0.1) is 0 Å². The highest BCUT2D eigenvalue weighted by Crippen LogP contribution is 2.12. The van der Waals surface area contributed by atoms with Crippen LogP contribution in [0.4, 0.5) is 0 Å². The van der Waals surface area contributed by atoms with Gasteiger partial charge in [0.15, 0.2) is 5.69 Å². The smallest absolute Gasteiger partial charge is 0.356 e. The molecule has 0 saturated carbocycles. The number of nitrogens with zero attached hydrogens (tertiary/aromatic N) is 4. The molecule has 1 aliphatic heterocycles. The zero-order valence-corrected chi connectivity index (χ0v) is 11.1. The number of rotatable bonds is 3. The van der Waals surface area contributed by atoms with Crippen LogP contribution >= 0.6 is 0 Å². The zero-order valence-electron chi connectivity index (χ0n) is 11.1. The minimum Gasteiger partial charge on any atom is -0.476 e. The van der Waals surface area contributed by atoms with Crippen LogP contribution < -0.4 is 0 Å². The third-order valence-corrected chi connectivity index (χ3v) is 3.40. The van der Waals surface area contributed by atoms with E-state index in [9.17, 15) is 9.59 Å². The van der Waals surface area contributed by atoms with Gasteiger partial charge in [0, 0.05) is 32.4 Å². The summed E-state index contributed by atoms with van der Waals surface area (Å²) in [6.45, 7) is 4.86. The number of carbonyl (C=O) groups is 2. The molecule has 1 aromatic rings. The SMILES string of the molecule is CC(C(=O)N1CCN(C)CC1)n1ccc(C(=O)O)n1. The monoisotopic (exact) mass is 266 g/mol. The Kier molecular flexibility index (Phi) is 3.84. The van der Waals surface area contributed by atoms with Gasteiger partial charge in [-0.2, -0.15) is 5.10 Å². The van der Waals surface area contributed by atoms with E-state index in [1.807, 2.05) is 7.05 Å². The number of hydrogen-bond acceptors (Lipinski definition) is 4. The molecule has 1 unspecified atom stereocenters. The molecule has 0 radical (unpaired) electrons. The predicted molar refractivity (Wildman–Crippen MR) is 68.0 cm³/mol. The van der Waals surface area contributed by atoms with E-state index in [4.69, 9.17) is 5.11 Å². The standard InChI is InChI=1S/C12H18N4O3/c1-9(16-4-3-10(13-16)12(18)19)11(17)15-7-5-14(2)6-8-15/h3-4,9H,5-8H2,1-2H3,(H,18,19). The predicted octanol–water partition coefficient (Wildman–Crippen LogP) is -0.0837. The second kappa shape index (κ2) is 5.40. The number of piperazine rings is 1. The van der Waals surface area contributed by atoms with Crippen molar-refractivity contribution in [2.45, 2.75) is 13.0 Å². The Bertz CT molecular complexity index is 477. The lowest BCUT2D eigenvalue weighted by Crippen LogP contribution is -2.49. The van der Waals surface area contributed by atoms with Crippen LogP contribution in [0.15, 0.2) is 12.3 Å². The van der Waals surface area contributed by atoms with Gasteiger partial charge in [-0.3, -0.25) is 9.48 Å². The lowest BCUT2D eigenvalue weighted by Gasteiger charge is -2.33. The van der Waals surface area contributed by atoms with Crippen molar-refractivity contribution in [1.29, 1.82) is 0 Å². The highest BCUT2D eigenvalue weighted by atomic mass is 16.4. The lowest BCUT2D eigenvalue weighted by atomic mass is 10.2. The third kappa shape index (κ3) is 2.93. The van der Waals surface area contributed by atoms with Gasteiger partial charge < -0.3 is 14.9 Å². The van der Waals surface area contributed by atoms with Crippen molar-refractivity contribution >= 4 is 11.9 Å². The molecule has 1 aliphatic rings. The molecule has 1 saturated heterocycles. The molecule has 7 heteroatoms. The number of likely N-dealkylation sites (N-methyl/N-ethyl adjacent to an activating group) is 1. The van der Waals surface area contributed by atoms with Crippen molar-refractivity contribution in [2.24, 2.45) is 0 Å². The molecular weight excluding hydrogens is 248 g/mol. The van der Waals surface area contributed by atoms with E-state index < -0.39 is 12.0 Å². The van der Waals surface area contributed by atoms with Crippen molar-refractivity contribution in [1.82, 2.24) is 19.6 Å². The van der Waals surface area contributed by atoms with Crippen molar-refractivity contribution in [2.75, 3.05) is 33.2 Å². The molecule has 1 amide bonds. The summed E-state index contributed by atoms with van der Waals surface area (Å²) >= 11 is 0. The zero-order chi connectivity index (χ0) is 14.0. The molecule has 0 aromatic carbocycles. The molecule has 0 spiro atoms. The van der Waals surface area contributed by atoms with E-state index in [-0.39, 0.29) is 11.6 Å². The van der Waals surface area contributed by atoms with Gasteiger partial charge in [-0.15, -0.1) is 0 Å².